The van der Waals surface area contributed by atoms with Gasteiger partial charge < -0.3 is 5.73 Å². The topological polar surface area (TPSA) is 73.8 Å². The smallest absolute Gasteiger partial charge is 0.133 e. The van der Waals surface area contributed by atoms with Crippen molar-refractivity contribution in [1.29, 1.82) is 0 Å². The molecule has 1 fully saturated rings. The Labute approximate surface area is 95.0 Å². The lowest BCUT2D eigenvalue weighted by Gasteiger charge is -2.13. The van der Waals surface area contributed by atoms with E-state index in [1.165, 1.54) is 0 Å². The Kier molecular flexibility index (Phi) is 3.66. The minimum Gasteiger partial charge on any atom is -0.326 e. The third-order valence-corrected chi connectivity index (χ3v) is 3.19. The Bertz CT molecular complexity index is 336. The van der Waals surface area contributed by atoms with Crippen molar-refractivity contribution in [3.63, 3.8) is 0 Å². The minimum absolute atomic E-state index is 0.109. The highest BCUT2D eigenvalue weighted by Crippen LogP contribution is 2.26. The first-order valence-electron chi connectivity index (χ1n) is 5.85. The average molecular weight is 222 g/mol. The molecule has 2 N–H and O–H groups in total. The fourth-order valence-electron chi connectivity index (χ4n) is 2.25. The van der Waals surface area contributed by atoms with Crippen molar-refractivity contribution in [2.45, 2.75) is 44.7 Å². The normalized spacial score (nSPS) is 22.6. The largest absolute Gasteiger partial charge is 0.326 e. The van der Waals surface area contributed by atoms with E-state index >= 15 is 0 Å². The van der Waals surface area contributed by atoms with E-state index in [4.69, 9.17) is 5.73 Å². The highest BCUT2D eigenvalue weighted by molar-refractivity contribution is 5.80. The Hall–Kier alpha value is -1.23. The molecule has 1 aliphatic carbocycles. The summed E-state index contributed by atoms with van der Waals surface area (Å²) in [5.74, 6) is 0.976. The second-order valence-corrected chi connectivity index (χ2v) is 4.61. The van der Waals surface area contributed by atoms with Gasteiger partial charge in [-0.05, 0) is 25.2 Å². The van der Waals surface area contributed by atoms with Crippen LogP contribution in [0.15, 0.2) is 12.4 Å². The number of nitrogens with two attached hydrogens (primary N) is 1. The van der Waals surface area contributed by atoms with E-state index in [0.717, 1.165) is 32.1 Å². The molecule has 88 valence electrons. The summed E-state index contributed by atoms with van der Waals surface area (Å²) in [7, 11) is 0. The molecule has 2 atom stereocenters. The quantitative estimate of drug-likeness (QED) is 0.798. The maximum atomic E-state index is 11.1. The van der Waals surface area contributed by atoms with Crippen LogP contribution in [0.3, 0.4) is 0 Å². The van der Waals surface area contributed by atoms with Gasteiger partial charge in [-0.3, -0.25) is 9.48 Å². The highest BCUT2D eigenvalue weighted by atomic mass is 16.1. The van der Waals surface area contributed by atoms with Gasteiger partial charge in [0.2, 0.25) is 0 Å². The molecule has 16 heavy (non-hydrogen) atoms. The second-order valence-electron chi connectivity index (χ2n) is 4.61. The van der Waals surface area contributed by atoms with E-state index in [9.17, 15) is 4.79 Å². The molecule has 0 bridgehead atoms. The van der Waals surface area contributed by atoms with Crippen molar-refractivity contribution in [2.24, 2.45) is 11.7 Å². The lowest BCUT2D eigenvalue weighted by atomic mass is 9.99. The first kappa shape index (κ1) is 11.3. The summed E-state index contributed by atoms with van der Waals surface area (Å²) >= 11 is 0. The van der Waals surface area contributed by atoms with Gasteiger partial charge in [0.1, 0.15) is 5.78 Å². The Morgan fingerprint density at radius 2 is 2.50 bits per heavy atom. The van der Waals surface area contributed by atoms with Crippen LogP contribution in [0.5, 0.6) is 0 Å². The zero-order valence-electron chi connectivity index (χ0n) is 9.38. The standard InChI is InChI=1S/C11H18N4O/c12-10(8-15-6-5-13-14-15)3-1-9-2-4-11(16)7-9/h5-6,9-10H,1-4,7-8,12H2/t9-,10+/m1/s1. The number of nitrogens with zero attached hydrogens (tertiary/aromatic N) is 3. The van der Waals surface area contributed by atoms with Gasteiger partial charge in [-0.1, -0.05) is 5.21 Å². The van der Waals surface area contributed by atoms with E-state index in [-0.39, 0.29) is 6.04 Å². The van der Waals surface area contributed by atoms with Crippen LogP contribution in [0.25, 0.3) is 0 Å². The molecule has 0 aliphatic heterocycles. The number of hydrogen-bond acceptors (Lipinski definition) is 4. The Morgan fingerprint density at radius 3 is 3.12 bits per heavy atom. The summed E-state index contributed by atoms with van der Waals surface area (Å²) in [6, 6.07) is 0.109. The lowest BCUT2D eigenvalue weighted by molar-refractivity contribution is -0.117. The highest BCUT2D eigenvalue weighted by Gasteiger charge is 2.22. The zero-order chi connectivity index (χ0) is 11.4. The molecular formula is C11H18N4O. The Morgan fingerprint density at radius 1 is 1.62 bits per heavy atom. The Balaban J connectivity index is 1.68. The predicted octanol–water partition coefficient (Wildman–Crippen LogP) is 0.755. The van der Waals surface area contributed by atoms with Gasteiger partial charge in [0.05, 0.1) is 12.7 Å². The van der Waals surface area contributed by atoms with Crippen LogP contribution in [0.4, 0.5) is 0 Å². The van der Waals surface area contributed by atoms with Crippen molar-refractivity contribution in [2.75, 3.05) is 0 Å². The molecule has 0 saturated heterocycles. The predicted molar refractivity (Wildman–Crippen MR) is 59.6 cm³/mol. The molecule has 0 aromatic carbocycles. The van der Waals surface area contributed by atoms with Crippen LogP contribution in [-0.4, -0.2) is 26.8 Å². The maximum Gasteiger partial charge on any atom is 0.133 e. The van der Waals surface area contributed by atoms with Crippen molar-refractivity contribution in [3.05, 3.63) is 12.4 Å². The molecule has 1 saturated carbocycles. The van der Waals surface area contributed by atoms with Gasteiger partial charge in [0.25, 0.3) is 0 Å². The van der Waals surface area contributed by atoms with Gasteiger partial charge in [0, 0.05) is 25.1 Å². The molecule has 5 heteroatoms. The number of rotatable bonds is 5. The molecule has 1 aliphatic rings. The third-order valence-electron chi connectivity index (χ3n) is 3.19. The van der Waals surface area contributed by atoms with Gasteiger partial charge in [0.15, 0.2) is 0 Å². The van der Waals surface area contributed by atoms with Crippen molar-refractivity contribution >= 4 is 5.78 Å². The molecule has 1 heterocycles. The molecule has 0 amide bonds. The number of ketones is 1. The summed E-state index contributed by atoms with van der Waals surface area (Å²) in [5.41, 5.74) is 6.00. The van der Waals surface area contributed by atoms with Crippen LogP contribution in [0, 0.1) is 5.92 Å². The third kappa shape index (κ3) is 3.13. The summed E-state index contributed by atoms with van der Waals surface area (Å²) in [4.78, 5) is 11.1. The van der Waals surface area contributed by atoms with Crippen LogP contribution < -0.4 is 5.73 Å². The van der Waals surface area contributed by atoms with Gasteiger partial charge in [-0.2, -0.15) is 0 Å². The molecule has 1 aromatic heterocycles. The average Bonchev–Trinajstić information content (AvgIpc) is 2.87. The first-order valence-corrected chi connectivity index (χ1v) is 5.85. The number of carbonyl (C=O) groups is 1. The van der Waals surface area contributed by atoms with Crippen molar-refractivity contribution in [3.8, 4) is 0 Å². The van der Waals surface area contributed by atoms with Crippen LogP contribution in [0.1, 0.15) is 32.1 Å². The van der Waals surface area contributed by atoms with E-state index in [1.54, 1.807) is 10.9 Å². The first-order chi connectivity index (χ1) is 7.74. The fraction of sp³-hybridized carbons (Fsp3) is 0.727. The summed E-state index contributed by atoms with van der Waals surface area (Å²) in [6.07, 6.45) is 8.06. The monoisotopic (exact) mass is 222 g/mol. The van der Waals surface area contributed by atoms with Crippen LogP contribution >= 0.6 is 0 Å². The number of carbonyl (C=O) groups excluding carboxylic acids is 1. The van der Waals surface area contributed by atoms with E-state index < -0.39 is 0 Å². The number of aromatic nitrogens is 3. The minimum atomic E-state index is 0.109. The SMILES string of the molecule is N[C@@H](CC[C@@H]1CCC(=O)C1)Cn1ccnn1. The molecular weight excluding hydrogens is 204 g/mol. The lowest BCUT2D eigenvalue weighted by Crippen LogP contribution is -2.27. The molecule has 2 rings (SSSR count). The zero-order valence-corrected chi connectivity index (χ0v) is 9.38. The molecule has 0 unspecified atom stereocenters. The van der Waals surface area contributed by atoms with Gasteiger partial charge >= 0.3 is 0 Å². The van der Waals surface area contributed by atoms with Crippen molar-refractivity contribution in [1.82, 2.24) is 15.0 Å². The summed E-state index contributed by atoms with van der Waals surface area (Å²) < 4.78 is 1.75. The van der Waals surface area contributed by atoms with E-state index in [2.05, 4.69) is 10.3 Å². The molecule has 0 radical (unpaired) electrons. The molecule has 1 aromatic rings. The molecule has 5 nitrogen and oxygen atoms in total. The van der Waals surface area contributed by atoms with Crippen LogP contribution in [-0.2, 0) is 11.3 Å². The van der Waals surface area contributed by atoms with Gasteiger partial charge in [-0.25, -0.2) is 0 Å². The number of hydrogen-bond donors (Lipinski definition) is 1. The van der Waals surface area contributed by atoms with E-state index in [1.807, 2.05) is 6.20 Å². The van der Waals surface area contributed by atoms with Crippen molar-refractivity contribution < 1.29 is 4.79 Å². The maximum absolute atomic E-state index is 11.1. The molecule has 0 spiro atoms. The number of Topliss-reactive ketones (excluding diaryl/α,β-unsaturated/α-hetero) is 1. The fourth-order valence-corrected chi connectivity index (χ4v) is 2.25. The summed E-state index contributed by atoms with van der Waals surface area (Å²) in [5, 5.41) is 7.62. The van der Waals surface area contributed by atoms with Gasteiger partial charge in [-0.15, -0.1) is 5.10 Å². The summed E-state index contributed by atoms with van der Waals surface area (Å²) in [6.45, 7) is 0.709. The van der Waals surface area contributed by atoms with Crippen LogP contribution in [0.2, 0.25) is 0 Å². The van der Waals surface area contributed by atoms with E-state index in [0.29, 0.717) is 18.2 Å². The second kappa shape index (κ2) is 5.21.